The van der Waals surface area contributed by atoms with Gasteiger partial charge in [-0.3, -0.25) is 4.79 Å². The Morgan fingerprint density at radius 1 is 1.83 bits per heavy atom. The van der Waals surface area contributed by atoms with Gasteiger partial charge in [-0.1, -0.05) is 6.92 Å². The van der Waals surface area contributed by atoms with Gasteiger partial charge in [0.05, 0.1) is 11.8 Å². The molecule has 0 spiro atoms. The normalized spacial score (nSPS) is 21.2. The summed E-state index contributed by atoms with van der Waals surface area (Å²) in [5, 5.41) is 7.28. The molecular formula is C8H11N3O. The number of carbonyl (C=O) groups excluding carboxylic acids is 1. The number of fused-ring (bicyclic) bond motifs is 1. The van der Waals surface area contributed by atoms with Gasteiger partial charge in [-0.2, -0.15) is 5.10 Å². The highest BCUT2D eigenvalue weighted by Crippen LogP contribution is 2.19. The second-order valence-electron chi connectivity index (χ2n) is 3.23. The van der Waals surface area contributed by atoms with Crippen molar-refractivity contribution in [3.8, 4) is 0 Å². The summed E-state index contributed by atoms with van der Waals surface area (Å²) in [5.41, 5.74) is 0.655. The van der Waals surface area contributed by atoms with Gasteiger partial charge >= 0.3 is 0 Å². The minimum atomic E-state index is 0.580. The zero-order valence-electron chi connectivity index (χ0n) is 6.95. The summed E-state index contributed by atoms with van der Waals surface area (Å²) in [5.74, 6) is 1.44. The summed E-state index contributed by atoms with van der Waals surface area (Å²) in [7, 11) is 0. The van der Waals surface area contributed by atoms with Gasteiger partial charge in [0.15, 0.2) is 6.29 Å². The van der Waals surface area contributed by atoms with E-state index in [0.717, 1.165) is 25.2 Å². The molecule has 1 aliphatic rings. The van der Waals surface area contributed by atoms with E-state index in [-0.39, 0.29) is 0 Å². The highest BCUT2D eigenvalue weighted by atomic mass is 16.1. The lowest BCUT2D eigenvalue weighted by atomic mass is 10.1. The monoisotopic (exact) mass is 165 g/mol. The van der Waals surface area contributed by atoms with E-state index in [1.165, 1.54) is 0 Å². The third-order valence-corrected chi connectivity index (χ3v) is 2.10. The summed E-state index contributed by atoms with van der Waals surface area (Å²) in [4.78, 5) is 10.5. The molecule has 0 saturated carbocycles. The Balaban J connectivity index is 2.38. The summed E-state index contributed by atoms with van der Waals surface area (Å²) in [6, 6.07) is 0. The molecular weight excluding hydrogens is 154 g/mol. The minimum Gasteiger partial charge on any atom is -0.369 e. The van der Waals surface area contributed by atoms with E-state index >= 15 is 0 Å². The summed E-state index contributed by atoms with van der Waals surface area (Å²) >= 11 is 0. The molecule has 0 saturated heterocycles. The van der Waals surface area contributed by atoms with Gasteiger partial charge in [0, 0.05) is 13.1 Å². The van der Waals surface area contributed by atoms with Crippen LogP contribution in [-0.2, 0) is 6.54 Å². The first-order valence-electron chi connectivity index (χ1n) is 4.06. The second kappa shape index (κ2) is 2.62. The number of aromatic nitrogens is 2. The minimum absolute atomic E-state index is 0.580. The molecule has 1 aliphatic heterocycles. The Morgan fingerprint density at radius 2 is 2.67 bits per heavy atom. The molecule has 1 N–H and O–H groups in total. The Hall–Kier alpha value is -1.32. The Bertz CT molecular complexity index is 305. The molecule has 1 unspecified atom stereocenters. The fourth-order valence-corrected chi connectivity index (χ4v) is 1.45. The van der Waals surface area contributed by atoms with E-state index in [2.05, 4.69) is 17.3 Å². The van der Waals surface area contributed by atoms with Gasteiger partial charge < -0.3 is 5.32 Å². The maximum Gasteiger partial charge on any atom is 0.155 e. The van der Waals surface area contributed by atoms with Gasteiger partial charge in [-0.25, -0.2) is 4.68 Å². The Labute approximate surface area is 70.6 Å². The molecule has 1 aromatic heterocycles. The largest absolute Gasteiger partial charge is 0.369 e. The van der Waals surface area contributed by atoms with E-state index in [1.807, 2.05) is 4.68 Å². The fraction of sp³-hybridized carbons (Fsp3) is 0.500. The van der Waals surface area contributed by atoms with Crippen molar-refractivity contribution in [1.82, 2.24) is 9.78 Å². The predicted octanol–water partition coefficient (Wildman–Crippen LogP) is 0.757. The molecule has 0 bridgehead atoms. The standard InChI is InChI=1S/C8H11N3O/c1-6-2-9-8-7(5-12)3-10-11(8)4-6/h3,5-6,9H,2,4H2,1H3. The number of aldehydes is 1. The number of rotatable bonds is 1. The summed E-state index contributed by atoms with van der Waals surface area (Å²) in [6.07, 6.45) is 2.44. The van der Waals surface area contributed by atoms with Crippen LogP contribution in [0.2, 0.25) is 0 Å². The van der Waals surface area contributed by atoms with Crippen LogP contribution in [0.25, 0.3) is 0 Å². The molecule has 1 aromatic rings. The third kappa shape index (κ3) is 0.995. The van der Waals surface area contributed by atoms with E-state index in [4.69, 9.17) is 0 Å². The van der Waals surface area contributed by atoms with Crippen molar-refractivity contribution in [1.29, 1.82) is 0 Å². The Kier molecular flexibility index (Phi) is 1.60. The summed E-state index contributed by atoms with van der Waals surface area (Å²) in [6.45, 7) is 3.97. The van der Waals surface area contributed by atoms with Gasteiger partial charge in [0.1, 0.15) is 5.82 Å². The average molecular weight is 165 g/mol. The molecule has 0 radical (unpaired) electrons. The van der Waals surface area contributed by atoms with Crippen molar-refractivity contribution in [2.45, 2.75) is 13.5 Å². The topological polar surface area (TPSA) is 46.9 Å². The average Bonchev–Trinajstić information content (AvgIpc) is 2.46. The quantitative estimate of drug-likeness (QED) is 0.625. The van der Waals surface area contributed by atoms with Crippen LogP contribution in [0.5, 0.6) is 0 Å². The third-order valence-electron chi connectivity index (χ3n) is 2.10. The number of hydrogen-bond acceptors (Lipinski definition) is 3. The van der Waals surface area contributed by atoms with Crippen LogP contribution in [-0.4, -0.2) is 22.6 Å². The van der Waals surface area contributed by atoms with Crippen molar-refractivity contribution in [2.24, 2.45) is 5.92 Å². The van der Waals surface area contributed by atoms with Crippen molar-refractivity contribution >= 4 is 12.1 Å². The van der Waals surface area contributed by atoms with E-state index in [0.29, 0.717) is 11.5 Å². The van der Waals surface area contributed by atoms with E-state index in [9.17, 15) is 4.79 Å². The maximum absolute atomic E-state index is 10.5. The van der Waals surface area contributed by atoms with Crippen LogP contribution in [0.1, 0.15) is 17.3 Å². The first kappa shape index (κ1) is 7.34. The smallest absolute Gasteiger partial charge is 0.155 e. The molecule has 0 amide bonds. The molecule has 0 aliphatic carbocycles. The molecule has 0 fully saturated rings. The Morgan fingerprint density at radius 3 is 3.42 bits per heavy atom. The number of nitrogens with one attached hydrogen (secondary N) is 1. The number of carbonyl (C=O) groups is 1. The fourth-order valence-electron chi connectivity index (χ4n) is 1.45. The highest BCUT2D eigenvalue weighted by Gasteiger charge is 2.17. The van der Waals surface area contributed by atoms with E-state index in [1.54, 1.807) is 6.20 Å². The molecule has 2 rings (SSSR count). The summed E-state index contributed by atoms with van der Waals surface area (Å²) < 4.78 is 1.85. The number of anilines is 1. The molecule has 2 heterocycles. The lowest BCUT2D eigenvalue weighted by Gasteiger charge is -2.21. The van der Waals surface area contributed by atoms with Crippen molar-refractivity contribution in [3.05, 3.63) is 11.8 Å². The highest BCUT2D eigenvalue weighted by molar-refractivity contribution is 5.82. The van der Waals surface area contributed by atoms with Gasteiger partial charge in [-0.15, -0.1) is 0 Å². The van der Waals surface area contributed by atoms with Crippen LogP contribution >= 0.6 is 0 Å². The number of hydrogen-bond donors (Lipinski definition) is 1. The molecule has 1 atom stereocenters. The molecule has 64 valence electrons. The van der Waals surface area contributed by atoms with Crippen molar-refractivity contribution in [3.63, 3.8) is 0 Å². The maximum atomic E-state index is 10.5. The van der Waals surface area contributed by atoms with Crippen molar-refractivity contribution < 1.29 is 4.79 Å². The van der Waals surface area contributed by atoms with Crippen LogP contribution in [0.15, 0.2) is 6.20 Å². The molecule has 12 heavy (non-hydrogen) atoms. The lowest BCUT2D eigenvalue weighted by molar-refractivity contribution is 0.112. The first-order valence-corrected chi connectivity index (χ1v) is 4.06. The second-order valence-corrected chi connectivity index (χ2v) is 3.23. The van der Waals surface area contributed by atoms with Crippen LogP contribution in [0.3, 0.4) is 0 Å². The predicted molar refractivity (Wildman–Crippen MR) is 45.3 cm³/mol. The zero-order chi connectivity index (χ0) is 8.55. The van der Waals surface area contributed by atoms with Gasteiger partial charge in [0.2, 0.25) is 0 Å². The van der Waals surface area contributed by atoms with Gasteiger partial charge in [-0.05, 0) is 5.92 Å². The SMILES string of the molecule is CC1CNc2c(C=O)cnn2C1. The molecule has 4 heteroatoms. The van der Waals surface area contributed by atoms with E-state index < -0.39 is 0 Å². The number of nitrogens with zero attached hydrogens (tertiary/aromatic N) is 2. The molecule has 0 aromatic carbocycles. The van der Waals surface area contributed by atoms with Crippen molar-refractivity contribution in [2.75, 3.05) is 11.9 Å². The molecule has 4 nitrogen and oxygen atoms in total. The first-order chi connectivity index (χ1) is 5.81. The van der Waals surface area contributed by atoms with Crippen LogP contribution in [0.4, 0.5) is 5.82 Å². The lowest BCUT2D eigenvalue weighted by Crippen LogP contribution is -2.26. The van der Waals surface area contributed by atoms with Crippen LogP contribution in [0, 0.1) is 5.92 Å². The van der Waals surface area contributed by atoms with Gasteiger partial charge in [0.25, 0.3) is 0 Å². The zero-order valence-corrected chi connectivity index (χ0v) is 6.95. The van der Waals surface area contributed by atoms with Crippen LogP contribution < -0.4 is 5.32 Å².